The molecule has 1 aliphatic rings. The van der Waals surface area contributed by atoms with Crippen LogP contribution in [-0.4, -0.2) is 49.5 Å². The van der Waals surface area contributed by atoms with E-state index in [1.807, 2.05) is 38.2 Å². The smallest absolute Gasteiger partial charge is 0.331 e. The molecule has 1 aliphatic heterocycles. The van der Waals surface area contributed by atoms with Gasteiger partial charge in [0.25, 0.3) is 5.56 Å². The highest BCUT2D eigenvalue weighted by Crippen LogP contribution is 2.33. The second-order valence-electron chi connectivity index (χ2n) is 8.75. The number of nitrogens with zero attached hydrogens (tertiary/aromatic N) is 5. The SMILES string of the molecule is CCn1ccc(=O)n(Cc2cc3c(-c4cc(Cl)cc(C)c4C[C@@H]4CNCCO4)ncnn3c2)c1=O. The third kappa shape index (κ3) is 4.67. The highest BCUT2D eigenvalue weighted by atomic mass is 35.5. The lowest BCUT2D eigenvalue weighted by Gasteiger charge is -2.25. The summed E-state index contributed by atoms with van der Waals surface area (Å²) in [7, 11) is 0. The summed E-state index contributed by atoms with van der Waals surface area (Å²) in [6.07, 6.45) is 5.64. The first-order chi connectivity index (χ1) is 16.9. The summed E-state index contributed by atoms with van der Waals surface area (Å²) in [4.78, 5) is 29.7. The van der Waals surface area contributed by atoms with E-state index in [9.17, 15) is 9.59 Å². The number of ether oxygens (including phenoxy) is 1. The van der Waals surface area contributed by atoms with Crippen LogP contribution in [0.5, 0.6) is 0 Å². The molecule has 5 rings (SSSR count). The Morgan fingerprint density at radius 3 is 2.89 bits per heavy atom. The summed E-state index contributed by atoms with van der Waals surface area (Å²) in [5, 5.41) is 8.38. The van der Waals surface area contributed by atoms with E-state index in [-0.39, 0.29) is 23.9 Å². The molecule has 1 atom stereocenters. The van der Waals surface area contributed by atoms with Crippen LogP contribution in [0, 0.1) is 6.92 Å². The van der Waals surface area contributed by atoms with Gasteiger partial charge in [0.05, 0.1) is 30.5 Å². The number of morpholine rings is 1. The maximum Gasteiger partial charge on any atom is 0.331 e. The summed E-state index contributed by atoms with van der Waals surface area (Å²) in [6.45, 7) is 6.87. The van der Waals surface area contributed by atoms with Gasteiger partial charge in [0, 0.05) is 55.1 Å². The predicted octanol–water partition coefficient (Wildman–Crippen LogP) is 2.28. The van der Waals surface area contributed by atoms with Crippen molar-refractivity contribution in [2.75, 3.05) is 19.7 Å². The molecule has 182 valence electrons. The van der Waals surface area contributed by atoms with Crippen molar-refractivity contribution in [3.63, 3.8) is 0 Å². The van der Waals surface area contributed by atoms with Crippen molar-refractivity contribution < 1.29 is 4.74 Å². The number of rotatable bonds is 6. The van der Waals surface area contributed by atoms with E-state index in [4.69, 9.17) is 16.3 Å². The molecule has 1 saturated heterocycles. The number of fused-ring (bicyclic) bond motifs is 1. The molecule has 0 radical (unpaired) electrons. The molecular formula is C25H27ClN6O3. The number of aryl methyl sites for hydroxylation is 2. The van der Waals surface area contributed by atoms with E-state index in [2.05, 4.69) is 15.4 Å². The van der Waals surface area contributed by atoms with Crippen LogP contribution in [0.4, 0.5) is 0 Å². The quantitative estimate of drug-likeness (QED) is 0.442. The lowest BCUT2D eigenvalue weighted by Crippen LogP contribution is -2.39. The summed E-state index contributed by atoms with van der Waals surface area (Å²) in [5.74, 6) is 0. The second-order valence-corrected chi connectivity index (χ2v) is 9.18. The zero-order valence-corrected chi connectivity index (χ0v) is 20.5. The van der Waals surface area contributed by atoms with Crippen LogP contribution < -0.4 is 16.6 Å². The van der Waals surface area contributed by atoms with Crippen LogP contribution in [0.2, 0.25) is 5.02 Å². The first-order valence-electron chi connectivity index (χ1n) is 11.7. The Balaban J connectivity index is 1.58. The molecule has 1 aromatic carbocycles. The Morgan fingerprint density at radius 1 is 1.26 bits per heavy atom. The van der Waals surface area contributed by atoms with Gasteiger partial charge in [-0.15, -0.1) is 0 Å². The number of halogens is 1. The summed E-state index contributed by atoms with van der Waals surface area (Å²) in [6, 6.07) is 7.22. The fraction of sp³-hybridized carbons (Fsp3) is 0.360. The van der Waals surface area contributed by atoms with Gasteiger partial charge in [-0.1, -0.05) is 11.6 Å². The summed E-state index contributed by atoms with van der Waals surface area (Å²) in [5.41, 5.74) is 4.73. The Kier molecular flexibility index (Phi) is 6.55. The largest absolute Gasteiger partial charge is 0.375 e. The van der Waals surface area contributed by atoms with Gasteiger partial charge in [-0.25, -0.2) is 14.3 Å². The van der Waals surface area contributed by atoms with Gasteiger partial charge in [0.1, 0.15) is 6.33 Å². The van der Waals surface area contributed by atoms with Gasteiger partial charge in [0.2, 0.25) is 0 Å². The molecule has 35 heavy (non-hydrogen) atoms. The first-order valence-corrected chi connectivity index (χ1v) is 12.1. The van der Waals surface area contributed by atoms with Gasteiger partial charge < -0.3 is 14.6 Å². The third-order valence-electron chi connectivity index (χ3n) is 6.41. The van der Waals surface area contributed by atoms with Crippen LogP contribution in [0.3, 0.4) is 0 Å². The number of hydrogen-bond acceptors (Lipinski definition) is 6. The molecule has 1 N–H and O–H groups in total. The molecule has 9 nitrogen and oxygen atoms in total. The van der Waals surface area contributed by atoms with Crippen LogP contribution in [0.15, 0.2) is 52.6 Å². The Labute approximate surface area is 206 Å². The Hall–Kier alpha value is -3.27. The Morgan fingerprint density at radius 2 is 2.11 bits per heavy atom. The topological polar surface area (TPSA) is 95.4 Å². The minimum atomic E-state index is -0.338. The van der Waals surface area contributed by atoms with Crippen molar-refractivity contribution in [2.24, 2.45) is 0 Å². The van der Waals surface area contributed by atoms with E-state index in [0.29, 0.717) is 18.2 Å². The van der Waals surface area contributed by atoms with Crippen LogP contribution in [-0.2, 0) is 24.2 Å². The molecular weight excluding hydrogens is 468 g/mol. The molecule has 0 saturated carbocycles. The van der Waals surface area contributed by atoms with Crippen LogP contribution >= 0.6 is 11.6 Å². The van der Waals surface area contributed by atoms with Gasteiger partial charge in [-0.2, -0.15) is 5.10 Å². The molecule has 1 fully saturated rings. The zero-order chi connectivity index (χ0) is 24.5. The molecule has 0 bridgehead atoms. The fourth-order valence-electron chi connectivity index (χ4n) is 4.64. The molecule has 4 heterocycles. The van der Waals surface area contributed by atoms with Crippen molar-refractivity contribution in [3.8, 4) is 11.3 Å². The van der Waals surface area contributed by atoms with Crippen molar-refractivity contribution in [1.82, 2.24) is 29.0 Å². The lowest BCUT2D eigenvalue weighted by molar-refractivity contribution is 0.0292. The minimum absolute atomic E-state index is 0.0632. The number of benzene rings is 1. The van der Waals surface area contributed by atoms with Gasteiger partial charge in [-0.3, -0.25) is 9.36 Å². The van der Waals surface area contributed by atoms with Gasteiger partial charge in [-0.05, 0) is 48.7 Å². The Bertz CT molecular complexity index is 1500. The molecule has 0 spiro atoms. The number of nitrogens with one attached hydrogen (secondary N) is 1. The third-order valence-corrected chi connectivity index (χ3v) is 6.63. The predicted molar refractivity (Wildman–Crippen MR) is 134 cm³/mol. The lowest BCUT2D eigenvalue weighted by atomic mass is 9.94. The summed E-state index contributed by atoms with van der Waals surface area (Å²) >= 11 is 6.47. The average Bonchev–Trinajstić information content (AvgIpc) is 3.27. The van der Waals surface area contributed by atoms with Crippen molar-refractivity contribution in [2.45, 2.75) is 39.5 Å². The minimum Gasteiger partial charge on any atom is -0.375 e. The normalized spacial score (nSPS) is 16.1. The molecule has 3 aromatic heterocycles. The zero-order valence-electron chi connectivity index (χ0n) is 19.7. The molecule has 10 heteroatoms. The average molecular weight is 495 g/mol. The van der Waals surface area contributed by atoms with E-state index in [1.54, 1.807) is 4.52 Å². The van der Waals surface area contributed by atoms with Crippen molar-refractivity contribution >= 4 is 17.1 Å². The van der Waals surface area contributed by atoms with Crippen LogP contribution in [0.1, 0.15) is 23.6 Å². The van der Waals surface area contributed by atoms with E-state index in [0.717, 1.165) is 53.0 Å². The van der Waals surface area contributed by atoms with Gasteiger partial charge in [0.15, 0.2) is 0 Å². The number of aromatic nitrogens is 5. The maximum atomic E-state index is 12.7. The van der Waals surface area contributed by atoms with E-state index >= 15 is 0 Å². The molecule has 0 amide bonds. The van der Waals surface area contributed by atoms with Crippen molar-refractivity contribution in [3.05, 3.63) is 85.5 Å². The van der Waals surface area contributed by atoms with Gasteiger partial charge >= 0.3 is 5.69 Å². The maximum absolute atomic E-state index is 12.7. The fourth-order valence-corrected chi connectivity index (χ4v) is 4.91. The van der Waals surface area contributed by atoms with Crippen LogP contribution in [0.25, 0.3) is 16.8 Å². The van der Waals surface area contributed by atoms with E-state index in [1.165, 1.54) is 27.7 Å². The second kappa shape index (κ2) is 9.77. The monoisotopic (exact) mass is 494 g/mol. The number of hydrogen-bond donors (Lipinski definition) is 1. The first kappa shape index (κ1) is 23.5. The molecule has 0 aliphatic carbocycles. The molecule has 0 unspecified atom stereocenters. The van der Waals surface area contributed by atoms with E-state index < -0.39 is 0 Å². The standard InChI is InChI=1S/C25H27ClN6O3/c1-3-30-6-4-23(33)31(25(30)34)13-17-9-22-24(28-15-29-32(22)14-17)21-10-18(26)8-16(2)20(21)11-19-12-27-5-7-35-19/h4,6,8-10,14-15,19,27H,3,5,7,11-13H2,1-2H3/t19-/m1/s1. The van der Waals surface area contributed by atoms with Crippen molar-refractivity contribution in [1.29, 1.82) is 0 Å². The molecule has 4 aromatic rings. The summed E-state index contributed by atoms with van der Waals surface area (Å²) < 4.78 is 10.4. The highest BCUT2D eigenvalue weighted by molar-refractivity contribution is 6.31. The highest BCUT2D eigenvalue weighted by Gasteiger charge is 2.21.